The molecule has 55 heavy (non-hydrogen) atoms. The van der Waals surface area contributed by atoms with Crippen molar-refractivity contribution in [2.45, 2.75) is 95.1 Å². The summed E-state index contributed by atoms with van der Waals surface area (Å²) in [6, 6.07) is 19.5. The molecule has 0 bridgehead atoms. The Kier molecular flexibility index (Phi) is 11.1. The van der Waals surface area contributed by atoms with Crippen LogP contribution < -0.4 is 10.9 Å². The standard InChI is InChI=1S/C41H53N5O8Si/c1-26(2)35(48)44-38-43-34-31(36(49)45-38)42-25-46(34)37-33(54-55(8,9)39(3,4)5)32(47)30(53-37)24-52-41(27-16-12-10-13-17-27,28-18-14-11-15-19-28)29-20-22-40(50-6,51-7)23-21-29/h10-22,25-26,30,32-33,37,47H,23-24H2,1-9H3,(H2,43,44,45,48,49)/t30-,32-,33-,37-/m1/s1/i32D. The van der Waals surface area contributed by atoms with Gasteiger partial charge in [-0.15, -0.1) is 0 Å². The van der Waals surface area contributed by atoms with E-state index in [4.69, 9.17) is 23.4 Å². The third-order valence-corrected chi connectivity index (χ3v) is 15.4. The number of H-pyrrole nitrogens is 1. The van der Waals surface area contributed by atoms with Crippen LogP contribution in [0.2, 0.25) is 18.1 Å². The van der Waals surface area contributed by atoms with E-state index in [0.29, 0.717) is 6.42 Å². The molecule has 1 saturated heterocycles. The van der Waals surface area contributed by atoms with Gasteiger partial charge in [0.2, 0.25) is 11.9 Å². The number of hydrogen-bond acceptors (Lipinski definition) is 10. The monoisotopic (exact) mass is 772 g/mol. The van der Waals surface area contributed by atoms with Crippen LogP contribution in [-0.2, 0) is 33.8 Å². The molecule has 1 amide bonds. The Morgan fingerprint density at radius 2 is 1.73 bits per heavy atom. The van der Waals surface area contributed by atoms with Gasteiger partial charge in [-0.25, -0.2) is 4.98 Å². The number of fused-ring (bicyclic) bond motifs is 1. The van der Waals surface area contributed by atoms with Crippen LogP contribution >= 0.6 is 0 Å². The first-order valence-corrected chi connectivity index (χ1v) is 21.4. The number of methoxy groups -OCH3 is 2. The van der Waals surface area contributed by atoms with Crippen LogP contribution in [0.5, 0.6) is 0 Å². The SMILES string of the molecule is [2H][C@@]1(O)[C@@H](COC(C2=CCC(OC)(OC)C=C2)(c2ccccc2)c2ccccc2)O[C@@H](n2cnc3c(=O)[nH]c(NC(=O)C(C)C)nc32)[C@@H]1O[Si](C)(C)C(C)(C)C. The molecule has 0 unspecified atom stereocenters. The second kappa shape index (κ2) is 15.7. The molecule has 4 aromatic rings. The van der Waals surface area contributed by atoms with E-state index in [1.54, 1.807) is 28.1 Å². The Balaban J connectivity index is 1.46. The summed E-state index contributed by atoms with van der Waals surface area (Å²) in [5, 5.41) is 14.7. The number of aromatic nitrogens is 4. The van der Waals surface area contributed by atoms with Gasteiger partial charge in [-0.1, -0.05) is 107 Å². The molecule has 0 radical (unpaired) electrons. The fourth-order valence-electron chi connectivity index (χ4n) is 6.57. The molecule has 1 aliphatic heterocycles. The summed E-state index contributed by atoms with van der Waals surface area (Å²) >= 11 is 0. The zero-order valence-corrected chi connectivity index (χ0v) is 34.0. The van der Waals surface area contributed by atoms with Crippen molar-refractivity contribution in [3.05, 3.63) is 112 Å². The highest BCUT2D eigenvalue weighted by Crippen LogP contribution is 2.46. The van der Waals surface area contributed by atoms with E-state index in [2.05, 4.69) is 41.0 Å². The minimum absolute atomic E-state index is 0.0122. The Morgan fingerprint density at radius 1 is 1.11 bits per heavy atom. The minimum atomic E-state index is -2.70. The number of carbonyl (C=O) groups excluding carboxylic acids is 1. The van der Waals surface area contributed by atoms with E-state index in [-0.39, 0.29) is 40.6 Å². The predicted octanol–water partition coefficient (Wildman–Crippen LogP) is 6.20. The number of hydrogen-bond donors (Lipinski definition) is 3. The predicted molar refractivity (Wildman–Crippen MR) is 212 cm³/mol. The summed E-state index contributed by atoms with van der Waals surface area (Å²) in [5.74, 6) is -1.74. The van der Waals surface area contributed by atoms with E-state index in [0.717, 1.165) is 16.7 Å². The zero-order valence-electron chi connectivity index (χ0n) is 34.0. The fourth-order valence-corrected chi connectivity index (χ4v) is 7.79. The molecule has 4 atom stereocenters. The van der Waals surface area contributed by atoms with Crippen molar-refractivity contribution >= 4 is 31.3 Å². The molecule has 2 aromatic heterocycles. The minimum Gasteiger partial charge on any atom is -0.407 e. The second-order valence-electron chi connectivity index (χ2n) is 15.8. The second-order valence-corrected chi connectivity index (χ2v) is 20.5. The van der Waals surface area contributed by atoms with Crippen LogP contribution in [0.15, 0.2) is 95.6 Å². The summed E-state index contributed by atoms with van der Waals surface area (Å²) in [6.45, 7) is 13.4. The number of rotatable bonds is 13. The molecule has 14 heteroatoms. The summed E-state index contributed by atoms with van der Waals surface area (Å²) in [7, 11) is 0.481. The first kappa shape index (κ1) is 39.0. The molecule has 1 fully saturated rings. The van der Waals surface area contributed by atoms with Gasteiger partial charge in [0.1, 0.15) is 23.9 Å². The third-order valence-electron chi connectivity index (χ3n) is 10.9. The van der Waals surface area contributed by atoms with E-state index < -0.39 is 49.8 Å². The van der Waals surface area contributed by atoms with Crippen LogP contribution in [0.3, 0.4) is 0 Å². The van der Waals surface area contributed by atoms with E-state index in [1.165, 1.54) is 10.9 Å². The van der Waals surface area contributed by atoms with Crippen molar-refractivity contribution in [2.75, 3.05) is 26.1 Å². The largest absolute Gasteiger partial charge is 0.407 e. The average molecular weight is 773 g/mol. The number of anilines is 1. The van der Waals surface area contributed by atoms with Crippen molar-refractivity contribution in [2.24, 2.45) is 5.92 Å². The molecule has 6 rings (SSSR count). The summed E-state index contributed by atoms with van der Waals surface area (Å²) in [6.07, 6.45) is 1.46. The third kappa shape index (κ3) is 7.77. The van der Waals surface area contributed by atoms with Gasteiger partial charge in [0.25, 0.3) is 5.56 Å². The van der Waals surface area contributed by atoms with E-state index in [9.17, 15) is 16.1 Å². The lowest BCUT2D eigenvalue weighted by atomic mass is 9.77. The van der Waals surface area contributed by atoms with Crippen LogP contribution in [0.4, 0.5) is 5.95 Å². The first-order valence-electron chi connectivity index (χ1n) is 19.0. The number of benzene rings is 2. The number of carbonyl (C=O) groups is 1. The van der Waals surface area contributed by atoms with Gasteiger partial charge in [0.15, 0.2) is 31.5 Å². The smallest absolute Gasteiger partial charge is 0.280 e. The average Bonchev–Trinajstić information content (AvgIpc) is 3.70. The normalized spacial score (nSPS) is 23.2. The highest BCUT2D eigenvalue weighted by Gasteiger charge is 2.52. The van der Waals surface area contributed by atoms with Crippen LogP contribution in [0, 0.1) is 5.92 Å². The van der Waals surface area contributed by atoms with Crippen molar-refractivity contribution in [1.29, 1.82) is 0 Å². The molecule has 0 saturated carbocycles. The lowest BCUT2D eigenvalue weighted by molar-refractivity contribution is -0.168. The van der Waals surface area contributed by atoms with E-state index in [1.807, 2.05) is 92.0 Å². The highest BCUT2D eigenvalue weighted by atomic mass is 28.4. The van der Waals surface area contributed by atoms with Crippen LogP contribution in [0.1, 0.15) is 59.8 Å². The van der Waals surface area contributed by atoms with Gasteiger partial charge in [-0.2, -0.15) is 4.98 Å². The lowest BCUT2D eigenvalue weighted by Gasteiger charge is -2.40. The molecule has 2 aromatic carbocycles. The Bertz CT molecular complexity index is 2100. The number of aromatic amines is 1. The van der Waals surface area contributed by atoms with Gasteiger partial charge >= 0.3 is 0 Å². The Morgan fingerprint density at radius 3 is 2.25 bits per heavy atom. The molecular weight excluding hydrogens is 719 g/mol. The maximum Gasteiger partial charge on any atom is 0.280 e. The molecule has 294 valence electrons. The molecule has 2 aliphatic rings. The molecular formula is C41H53N5O8Si. The Hall–Kier alpha value is -4.28. The number of ether oxygens (including phenoxy) is 4. The van der Waals surface area contributed by atoms with Crippen molar-refractivity contribution < 1.29 is 34.6 Å². The topological polar surface area (TPSA) is 159 Å². The number of imidazole rings is 1. The highest BCUT2D eigenvalue weighted by molar-refractivity contribution is 6.74. The molecule has 13 nitrogen and oxygen atoms in total. The lowest BCUT2D eigenvalue weighted by Crippen LogP contribution is -2.49. The van der Waals surface area contributed by atoms with Gasteiger partial charge < -0.3 is 28.5 Å². The van der Waals surface area contributed by atoms with Gasteiger partial charge in [0, 0.05) is 26.6 Å². The van der Waals surface area contributed by atoms with Gasteiger partial charge in [-0.3, -0.25) is 24.5 Å². The number of nitrogens with one attached hydrogen (secondary N) is 2. The number of amides is 1. The fraction of sp³-hybridized carbons (Fsp3) is 0.463. The van der Waals surface area contributed by atoms with Gasteiger partial charge in [-0.05, 0) is 40.9 Å². The quantitative estimate of drug-likeness (QED) is 0.106. The van der Waals surface area contributed by atoms with Crippen LogP contribution in [0.25, 0.3) is 11.2 Å². The maximum atomic E-state index is 13.2. The maximum absolute atomic E-state index is 13.2. The zero-order chi connectivity index (χ0) is 40.7. The summed E-state index contributed by atoms with van der Waals surface area (Å²) in [4.78, 5) is 37.2. The molecule has 0 spiro atoms. The number of aliphatic hydroxyl groups is 1. The van der Waals surface area contributed by atoms with Crippen LogP contribution in [-0.4, -0.2) is 83.8 Å². The first-order chi connectivity index (χ1) is 26.4. The van der Waals surface area contributed by atoms with Crippen molar-refractivity contribution in [3.8, 4) is 0 Å². The molecule has 1 aliphatic carbocycles. The van der Waals surface area contributed by atoms with Gasteiger partial charge in [0.05, 0.1) is 14.3 Å². The van der Waals surface area contributed by atoms with E-state index >= 15 is 0 Å². The Labute approximate surface area is 324 Å². The van der Waals surface area contributed by atoms with Crippen molar-refractivity contribution in [1.82, 2.24) is 19.5 Å². The summed E-state index contributed by atoms with van der Waals surface area (Å²) in [5.41, 5.74) is 0.657. The molecule has 3 heterocycles. The number of nitrogens with zero attached hydrogens (tertiary/aromatic N) is 3. The molecule has 3 N–H and O–H groups in total. The summed E-state index contributed by atoms with van der Waals surface area (Å²) < 4.78 is 43.2. The van der Waals surface area contributed by atoms with Crippen molar-refractivity contribution in [3.63, 3.8) is 0 Å².